The average Bonchev–Trinajstić information content (AvgIpc) is 3.01. The smallest absolute Gasteiger partial charge is 0.266 e. The Morgan fingerprint density at radius 1 is 1.17 bits per heavy atom. The first kappa shape index (κ1) is 21.2. The van der Waals surface area contributed by atoms with Gasteiger partial charge >= 0.3 is 0 Å². The van der Waals surface area contributed by atoms with Gasteiger partial charge in [0.2, 0.25) is 10.0 Å². The van der Waals surface area contributed by atoms with Gasteiger partial charge < -0.3 is 4.74 Å². The topological polar surface area (TPSA) is 103 Å². The van der Waals surface area contributed by atoms with Crippen molar-refractivity contribution in [2.75, 3.05) is 13.7 Å². The van der Waals surface area contributed by atoms with Gasteiger partial charge in [-0.3, -0.25) is 4.79 Å². The summed E-state index contributed by atoms with van der Waals surface area (Å²) in [6.07, 6.45) is 0. The number of nitrogens with one attached hydrogen (secondary N) is 1. The number of nitrogens with zero attached hydrogens (tertiary/aromatic N) is 3. The number of rotatable bonds is 7. The Kier molecular flexibility index (Phi) is 6.15. The molecule has 8 nitrogen and oxygen atoms in total. The highest BCUT2D eigenvalue weighted by Crippen LogP contribution is 2.27. The number of hydrogen-bond donors (Lipinski definition) is 1. The van der Waals surface area contributed by atoms with Crippen molar-refractivity contribution in [2.24, 2.45) is 0 Å². The molecule has 0 atom stereocenters. The molecule has 1 aromatic carbocycles. The molecule has 2 aromatic heterocycles. The van der Waals surface area contributed by atoms with Gasteiger partial charge in [-0.2, -0.15) is 5.10 Å². The van der Waals surface area contributed by atoms with E-state index in [9.17, 15) is 13.2 Å². The van der Waals surface area contributed by atoms with Crippen LogP contribution >= 0.6 is 11.3 Å². The summed E-state index contributed by atoms with van der Waals surface area (Å²) in [6, 6.07) is 7.72. The fraction of sp³-hybridized carbons (Fsp3) is 0.316. The molecular weight excluding hydrogens is 412 g/mol. The molecule has 0 spiro atoms. The summed E-state index contributed by atoms with van der Waals surface area (Å²) in [5.74, 6) is 0.616. The monoisotopic (exact) mass is 434 g/mol. The Labute approximate surface area is 173 Å². The van der Waals surface area contributed by atoms with Crippen molar-refractivity contribution in [2.45, 2.75) is 32.2 Å². The molecule has 154 valence electrons. The van der Waals surface area contributed by atoms with E-state index in [0.29, 0.717) is 11.4 Å². The highest BCUT2D eigenvalue weighted by atomic mass is 32.2. The zero-order valence-electron chi connectivity index (χ0n) is 16.6. The van der Waals surface area contributed by atoms with Crippen LogP contribution in [0.2, 0.25) is 0 Å². The minimum Gasteiger partial charge on any atom is -0.496 e. The number of aromatic nitrogens is 3. The zero-order valence-corrected chi connectivity index (χ0v) is 18.2. The van der Waals surface area contributed by atoms with Gasteiger partial charge in [-0.25, -0.2) is 22.8 Å². The normalized spacial score (nSPS) is 11.6. The van der Waals surface area contributed by atoms with Crippen LogP contribution < -0.4 is 15.0 Å². The van der Waals surface area contributed by atoms with E-state index in [1.54, 1.807) is 25.1 Å². The van der Waals surface area contributed by atoms with Crippen molar-refractivity contribution in [3.63, 3.8) is 0 Å². The van der Waals surface area contributed by atoms with Gasteiger partial charge in [0.15, 0.2) is 0 Å². The van der Waals surface area contributed by atoms with Crippen LogP contribution in [0.4, 0.5) is 0 Å². The molecule has 0 radical (unpaired) electrons. The van der Waals surface area contributed by atoms with Crippen LogP contribution in [0.25, 0.3) is 10.6 Å². The molecule has 0 unspecified atom stereocenters. The average molecular weight is 435 g/mol. The molecule has 0 amide bonds. The van der Waals surface area contributed by atoms with E-state index in [2.05, 4.69) is 14.8 Å². The van der Waals surface area contributed by atoms with Crippen molar-refractivity contribution >= 4 is 21.4 Å². The first-order chi connectivity index (χ1) is 13.7. The van der Waals surface area contributed by atoms with Gasteiger partial charge in [0.05, 0.1) is 34.1 Å². The minimum atomic E-state index is -3.71. The molecule has 0 saturated heterocycles. The number of hydrogen-bond acceptors (Lipinski definition) is 7. The molecule has 1 N–H and O–H groups in total. The Hall–Kier alpha value is -2.56. The molecule has 10 heteroatoms. The molecule has 29 heavy (non-hydrogen) atoms. The predicted octanol–water partition coefficient (Wildman–Crippen LogP) is 2.28. The number of thiazole rings is 1. The lowest BCUT2D eigenvalue weighted by molar-refractivity contribution is 0.411. The lowest BCUT2D eigenvalue weighted by atomic mass is 10.2. The summed E-state index contributed by atoms with van der Waals surface area (Å²) in [7, 11) is -2.18. The third-order valence-corrected chi connectivity index (χ3v) is 6.85. The second-order valence-corrected chi connectivity index (χ2v) is 9.43. The van der Waals surface area contributed by atoms with Crippen molar-refractivity contribution in [1.29, 1.82) is 0 Å². The summed E-state index contributed by atoms with van der Waals surface area (Å²) in [5.41, 5.74) is 1.91. The molecule has 3 rings (SSSR count). The molecular formula is C19H22N4O4S2. The maximum absolute atomic E-state index is 12.5. The van der Waals surface area contributed by atoms with Crippen LogP contribution in [0, 0.1) is 20.8 Å². The fourth-order valence-electron chi connectivity index (χ4n) is 2.89. The molecule has 2 heterocycles. The summed E-state index contributed by atoms with van der Waals surface area (Å²) in [5, 5.41) is 5.29. The van der Waals surface area contributed by atoms with Crippen molar-refractivity contribution in [1.82, 2.24) is 19.5 Å². The van der Waals surface area contributed by atoms with Gasteiger partial charge in [-0.05, 0) is 50.6 Å². The summed E-state index contributed by atoms with van der Waals surface area (Å²) in [6.45, 7) is 5.71. The van der Waals surface area contributed by atoms with Crippen LogP contribution in [-0.2, 0) is 16.6 Å². The first-order valence-electron chi connectivity index (χ1n) is 8.88. The number of methoxy groups -OCH3 is 1. The highest BCUT2D eigenvalue weighted by Gasteiger charge is 2.16. The maximum Gasteiger partial charge on any atom is 0.266 e. The first-order valence-corrected chi connectivity index (χ1v) is 11.2. The number of ether oxygens (including phenoxy) is 1. The second-order valence-electron chi connectivity index (χ2n) is 6.46. The Balaban J connectivity index is 1.74. The second kappa shape index (κ2) is 8.44. The lowest BCUT2D eigenvalue weighted by Crippen LogP contribution is -2.32. The Morgan fingerprint density at radius 2 is 1.93 bits per heavy atom. The minimum absolute atomic E-state index is 0.0322. The molecule has 0 aliphatic carbocycles. The number of aryl methyl sites for hydroxylation is 3. The maximum atomic E-state index is 12.5. The molecule has 0 saturated carbocycles. The quantitative estimate of drug-likeness (QED) is 0.612. The van der Waals surface area contributed by atoms with Gasteiger partial charge in [-0.1, -0.05) is 0 Å². The van der Waals surface area contributed by atoms with E-state index in [-0.39, 0.29) is 23.5 Å². The third kappa shape index (κ3) is 4.72. The standard InChI is InChI=1S/C19H22N4O4S2/c1-12-11-15(5-7-17(12)27-4)29(25,26)20-9-10-23-18(24)8-6-16(22-23)19-13(2)21-14(3)28-19/h5-8,11,20H,9-10H2,1-4H3. The van der Waals surface area contributed by atoms with Crippen molar-refractivity contribution < 1.29 is 13.2 Å². The molecule has 0 fully saturated rings. The van der Waals surface area contributed by atoms with Crippen LogP contribution in [0.5, 0.6) is 5.75 Å². The van der Waals surface area contributed by atoms with E-state index in [1.807, 2.05) is 13.8 Å². The zero-order chi connectivity index (χ0) is 21.2. The van der Waals surface area contributed by atoms with Crippen molar-refractivity contribution in [3.05, 3.63) is 57.0 Å². The number of sulfonamides is 1. The molecule has 0 aliphatic rings. The largest absolute Gasteiger partial charge is 0.496 e. The Bertz CT molecular complexity index is 1200. The van der Waals surface area contributed by atoms with Gasteiger partial charge in [0.1, 0.15) is 11.4 Å². The predicted molar refractivity (Wildman–Crippen MR) is 112 cm³/mol. The van der Waals surface area contributed by atoms with E-state index >= 15 is 0 Å². The Morgan fingerprint density at radius 3 is 2.55 bits per heavy atom. The van der Waals surface area contributed by atoms with E-state index in [0.717, 1.165) is 21.1 Å². The summed E-state index contributed by atoms with van der Waals surface area (Å²) in [4.78, 5) is 17.5. The van der Waals surface area contributed by atoms with Crippen LogP contribution in [0.15, 0.2) is 40.0 Å². The number of benzene rings is 1. The lowest BCUT2D eigenvalue weighted by Gasteiger charge is -2.10. The highest BCUT2D eigenvalue weighted by molar-refractivity contribution is 7.89. The van der Waals surface area contributed by atoms with E-state index < -0.39 is 10.0 Å². The van der Waals surface area contributed by atoms with Crippen LogP contribution in [0.3, 0.4) is 0 Å². The van der Waals surface area contributed by atoms with Gasteiger partial charge in [-0.15, -0.1) is 11.3 Å². The fourth-order valence-corrected chi connectivity index (χ4v) is 4.88. The van der Waals surface area contributed by atoms with Gasteiger partial charge in [0, 0.05) is 12.6 Å². The molecule has 0 aliphatic heterocycles. The van der Waals surface area contributed by atoms with E-state index in [1.165, 1.54) is 35.3 Å². The summed E-state index contributed by atoms with van der Waals surface area (Å²) < 4.78 is 34.0. The van der Waals surface area contributed by atoms with E-state index in [4.69, 9.17) is 4.74 Å². The SMILES string of the molecule is COc1ccc(S(=O)(=O)NCCn2nc(-c3sc(C)nc3C)ccc2=O)cc1C. The van der Waals surface area contributed by atoms with Crippen LogP contribution in [0.1, 0.15) is 16.3 Å². The molecule has 0 bridgehead atoms. The third-order valence-electron chi connectivity index (χ3n) is 4.30. The molecule has 3 aromatic rings. The van der Waals surface area contributed by atoms with Gasteiger partial charge in [0.25, 0.3) is 5.56 Å². The van der Waals surface area contributed by atoms with Crippen LogP contribution in [-0.4, -0.2) is 36.8 Å². The van der Waals surface area contributed by atoms with Crippen molar-refractivity contribution in [3.8, 4) is 16.3 Å². The summed E-state index contributed by atoms with van der Waals surface area (Å²) >= 11 is 1.50.